The standard InChI is InChI=1S/C13H17BrClNS/c1-17-13(5-2-6-13)9-16-8-10-3-4-11(15)7-12(10)14/h3-4,7,16H,2,5-6,8-9H2,1H3. The van der Waals surface area contributed by atoms with Gasteiger partial charge in [-0.3, -0.25) is 0 Å². The summed E-state index contributed by atoms with van der Waals surface area (Å²) in [6, 6.07) is 5.97. The largest absolute Gasteiger partial charge is 0.311 e. The highest BCUT2D eigenvalue weighted by Crippen LogP contribution is 2.42. The lowest BCUT2D eigenvalue weighted by atomic mass is 9.84. The van der Waals surface area contributed by atoms with E-state index in [1.807, 2.05) is 23.9 Å². The average molecular weight is 335 g/mol. The van der Waals surface area contributed by atoms with Crippen LogP contribution in [0.4, 0.5) is 0 Å². The van der Waals surface area contributed by atoms with Gasteiger partial charge >= 0.3 is 0 Å². The molecule has 0 atom stereocenters. The molecule has 1 fully saturated rings. The lowest BCUT2D eigenvalue weighted by molar-refractivity contribution is 0.345. The molecule has 0 aromatic heterocycles. The molecule has 0 unspecified atom stereocenters. The quantitative estimate of drug-likeness (QED) is 0.852. The van der Waals surface area contributed by atoms with Gasteiger partial charge in [-0.1, -0.05) is 40.0 Å². The number of thioether (sulfide) groups is 1. The van der Waals surface area contributed by atoms with Gasteiger partial charge in [0.25, 0.3) is 0 Å². The van der Waals surface area contributed by atoms with Crippen LogP contribution in [0.2, 0.25) is 5.02 Å². The van der Waals surface area contributed by atoms with Crippen molar-refractivity contribution in [1.29, 1.82) is 0 Å². The molecule has 0 aliphatic heterocycles. The molecule has 0 amide bonds. The van der Waals surface area contributed by atoms with E-state index in [-0.39, 0.29) is 0 Å². The van der Waals surface area contributed by atoms with Gasteiger partial charge in [0.1, 0.15) is 0 Å². The highest BCUT2D eigenvalue weighted by Gasteiger charge is 2.35. The van der Waals surface area contributed by atoms with Crippen LogP contribution in [0.25, 0.3) is 0 Å². The highest BCUT2D eigenvalue weighted by molar-refractivity contribution is 9.10. The van der Waals surface area contributed by atoms with Crippen LogP contribution in [-0.2, 0) is 6.54 Å². The third-order valence-electron chi connectivity index (χ3n) is 3.48. The predicted octanol–water partition coefficient (Wildman–Crippen LogP) is 4.48. The van der Waals surface area contributed by atoms with Gasteiger partial charge in [0.05, 0.1) is 0 Å². The molecular formula is C13H17BrClNS. The smallest absolute Gasteiger partial charge is 0.0417 e. The molecule has 4 heteroatoms. The van der Waals surface area contributed by atoms with Crippen molar-refractivity contribution in [2.24, 2.45) is 0 Å². The molecule has 0 saturated heterocycles. The van der Waals surface area contributed by atoms with Gasteiger partial charge < -0.3 is 5.32 Å². The van der Waals surface area contributed by atoms with Gasteiger partial charge in [-0.2, -0.15) is 11.8 Å². The summed E-state index contributed by atoms with van der Waals surface area (Å²) in [4.78, 5) is 0. The molecule has 17 heavy (non-hydrogen) atoms. The Balaban J connectivity index is 1.85. The zero-order chi connectivity index (χ0) is 12.3. The Morgan fingerprint density at radius 2 is 2.24 bits per heavy atom. The number of halogens is 2. The summed E-state index contributed by atoms with van der Waals surface area (Å²) in [5.41, 5.74) is 1.27. The summed E-state index contributed by atoms with van der Waals surface area (Å²) in [5, 5.41) is 4.34. The van der Waals surface area contributed by atoms with E-state index >= 15 is 0 Å². The van der Waals surface area contributed by atoms with Gasteiger partial charge in [-0.15, -0.1) is 0 Å². The minimum Gasteiger partial charge on any atom is -0.311 e. The molecule has 94 valence electrons. The molecule has 2 rings (SSSR count). The summed E-state index contributed by atoms with van der Waals surface area (Å²) in [7, 11) is 0. The Morgan fingerprint density at radius 1 is 1.47 bits per heavy atom. The zero-order valence-corrected chi connectivity index (χ0v) is 13.1. The Labute approximate surface area is 121 Å². The lowest BCUT2D eigenvalue weighted by Crippen LogP contribution is -2.43. The first-order chi connectivity index (χ1) is 8.15. The Morgan fingerprint density at radius 3 is 2.76 bits per heavy atom. The summed E-state index contributed by atoms with van der Waals surface area (Å²) in [6.07, 6.45) is 6.30. The maximum atomic E-state index is 5.92. The Bertz CT molecular complexity index is 387. The van der Waals surface area contributed by atoms with Gasteiger partial charge in [0.2, 0.25) is 0 Å². The summed E-state index contributed by atoms with van der Waals surface area (Å²) < 4.78 is 1.59. The molecule has 0 radical (unpaired) electrons. The van der Waals surface area contributed by atoms with E-state index in [2.05, 4.69) is 33.6 Å². The van der Waals surface area contributed by atoms with Gasteiger partial charge in [0, 0.05) is 27.3 Å². The van der Waals surface area contributed by atoms with Gasteiger partial charge in [0.15, 0.2) is 0 Å². The fraction of sp³-hybridized carbons (Fsp3) is 0.538. The Hall–Kier alpha value is 0.300. The second kappa shape index (κ2) is 5.96. The summed E-state index contributed by atoms with van der Waals surface area (Å²) in [5.74, 6) is 0. The minimum absolute atomic E-state index is 0.499. The molecule has 1 aliphatic rings. The SMILES string of the molecule is CSC1(CNCc2ccc(Cl)cc2Br)CCC1. The second-order valence-corrected chi connectivity index (χ2v) is 7.15. The second-order valence-electron chi connectivity index (χ2n) is 4.58. The number of hydrogen-bond acceptors (Lipinski definition) is 2. The van der Waals surface area contributed by atoms with E-state index in [1.165, 1.54) is 24.8 Å². The van der Waals surface area contributed by atoms with E-state index in [0.717, 1.165) is 22.6 Å². The van der Waals surface area contributed by atoms with E-state index in [4.69, 9.17) is 11.6 Å². The normalized spacial score (nSPS) is 17.8. The molecule has 1 aromatic rings. The monoisotopic (exact) mass is 333 g/mol. The van der Waals surface area contributed by atoms with E-state index in [1.54, 1.807) is 0 Å². The summed E-state index contributed by atoms with van der Waals surface area (Å²) >= 11 is 11.5. The van der Waals surface area contributed by atoms with Crippen molar-refractivity contribution < 1.29 is 0 Å². The number of benzene rings is 1. The minimum atomic E-state index is 0.499. The third-order valence-corrected chi connectivity index (χ3v) is 5.87. The molecule has 0 spiro atoms. The molecular weight excluding hydrogens is 318 g/mol. The van der Waals surface area contributed by atoms with Crippen LogP contribution < -0.4 is 5.32 Å². The Kier molecular flexibility index (Phi) is 4.81. The van der Waals surface area contributed by atoms with Crippen molar-refractivity contribution in [3.63, 3.8) is 0 Å². The van der Waals surface area contributed by atoms with Crippen molar-refractivity contribution in [2.45, 2.75) is 30.6 Å². The van der Waals surface area contributed by atoms with Crippen molar-refractivity contribution in [3.05, 3.63) is 33.3 Å². The fourth-order valence-electron chi connectivity index (χ4n) is 2.11. The molecule has 1 aliphatic carbocycles. The highest BCUT2D eigenvalue weighted by atomic mass is 79.9. The van der Waals surface area contributed by atoms with Crippen LogP contribution in [0.15, 0.2) is 22.7 Å². The molecule has 1 nitrogen and oxygen atoms in total. The van der Waals surface area contributed by atoms with E-state index in [0.29, 0.717) is 4.75 Å². The van der Waals surface area contributed by atoms with Crippen LogP contribution in [-0.4, -0.2) is 17.5 Å². The van der Waals surface area contributed by atoms with Crippen LogP contribution in [0.3, 0.4) is 0 Å². The fourth-order valence-corrected chi connectivity index (χ4v) is 3.88. The van der Waals surface area contributed by atoms with Gasteiger partial charge in [-0.05, 0) is 36.8 Å². The zero-order valence-electron chi connectivity index (χ0n) is 9.93. The van der Waals surface area contributed by atoms with Crippen LogP contribution >= 0.6 is 39.3 Å². The molecule has 0 bridgehead atoms. The van der Waals surface area contributed by atoms with Crippen LogP contribution in [0.1, 0.15) is 24.8 Å². The van der Waals surface area contributed by atoms with Crippen LogP contribution in [0.5, 0.6) is 0 Å². The van der Waals surface area contributed by atoms with Crippen molar-refractivity contribution in [3.8, 4) is 0 Å². The lowest BCUT2D eigenvalue weighted by Gasteiger charge is -2.40. The van der Waals surface area contributed by atoms with E-state index in [9.17, 15) is 0 Å². The predicted molar refractivity (Wildman–Crippen MR) is 81.0 cm³/mol. The third kappa shape index (κ3) is 3.40. The number of hydrogen-bond donors (Lipinski definition) is 1. The molecule has 1 aromatic carbocycles. The summed E-state index contributed by atoms with van der Waals surface area (Å²) in [6.45, 7) is 2.00. The number of rotatable bonds is 5. The van der Waals surface area contributed by atoms with E-state index < -0.39 is 0 Å². The average Bonchev–Trinajstić information content (AvgIpc) is 2.25. The molecule has 1 N–H and O–H groups in total. The number of nitrogens with one attached hydrogen (secondary N) is 1. The van der Waals surface area contributed by atoms with Crippen LogP contribution in [0, 0.1) is 0 Å². The van der Waals surface area contributed by atoms with Crippen molar-refractivity contribution in [1.82, 2.24) is 5.32 Å². The topological polar surface area (TPSA) is 12.0 Å². The van der Waals surface area contributed by atoms with Crippen molar-refractivity contribution >= 4 is 39.3 Å². The first-order valence-electron chi connectivity index (χ1n) is 5.85. The molecule has 1 saturated carbocycles. The maximum Gasteiger partial charge on any atom is 0.0417 e. The first kappa shape index (κ1) is 13.7. The molecule has 0 heterocycles. The maximum absolute atomic E-state index is 5.92. The van der Waals surface area contributed by atoms with Crippen molar-refractivity contribution in [2.75, 3.05) is 12.8 Å². The van der Waals surface area contributed by atoms with Gasteiger partial charge in [-0.25, -0.2) is 0 Å². The first-order valence-corrected chi connectivity index (χ1v) is 8.25.